The van der Waals surface area contributed by atoms with Gasteiger partial charge in [0.1, 0.15) is 5.54 Å². The molecule has 2 saturated carbocycles. The zero-order valence-corrected chi connectivity index (χ0v) is 16.2. The Kier molecular flexibility index (Phi) is 5.22. The van der Waals surface area contributed by atoms with Crippen LogP contribution in [0.3, 0.4) is 0 Å². The molecule has 4 rings (SSSR count). The molecular formula is C22H30N2O3. The van der Waals surface area contributed by atoms with Gasteiger partial charge in [0.2, 0.25) is 0 Å². The summed E-state index contributed by atoms with van der Waals surface area (Å²) in [5, 5.41) is 3.00. The number of nitrogens with zero attached hydrogens (tertiary/aromatic N) is 1. The Labute approximate surface area is 161 Å². The third kappa shape index (κ3) is 3.75. The maximum Gasteiger partial charge on any atom is 0.329 e. The Hall–Kier alpha value is -1.88. The van der Waals surface area contributed by atoms with E-state index in [2.05, 4.69) is 12.2 Å². The van der Waals surface area contributed by atoms with Gasteiger partial charge in [-0.3, -0.25) is 4.79 Å². The fourth-order valence-electron chi connectivity index (χ4n) is 4.68. The van der Waals surface area contributed by atoms with Crippen molar-refractivity contribution in [2.75, 3.05) is 4.90 Å². The van der Waals surface area contributed by atoms with E-state index >= 15 is 0 Å². The smallest absolute Gasteiger partial charge is 0.329 e. The summed E-state index contributed by atoms with van der Waals surface area (Å²) < 4.78 is 6.06. The van der Waals surface area contributed by atoms with Crippen LogP contribution < -0.4 is 10.2 Å². The molecule has 3 fully saturated rings. The monoisotopic (exact) mass is 370 g/mol. The summed E-state index contributed by atoms with van der Waals surface area (Å²) in [7, 11) is 0. The molecule has 5 heteroatoms. The second-order valence-corrected chi connectivity index (χ2v) is 8.58. The highest BCUT2D eigenvalue weighted by Crippen LogP contribution is 2.38. The Balaban J connectivity index is 1.46. The van der Waals surface area contributed by atoms with Crippen molar-refractivity contribution in [2.45, 2.75) is 83.0 Å². The number of ether oxygens (including phenoxy) is 1. The molecular weight excluding hydrogens is 340 g/mol. The van der Waals surface area contributed by atoms with Crippen LogP contribution in [0, 0.1) is 5.92 Å². The second kappa shape index (κ2) is 7.63. The van der Waals surface area contributed by atoms with Crippen LogP contribution in [0.1, 0.15) is 70.3 Å². The first-order chi connectivity index (χ1) is 13.1. The molecule has 146 valence electrons. The number of urea groups is 1. The topological polar surface area (TPSA) is 58.6 Å². The highest BCUT2D eigenvalue weighted by atomic mass is 16.5. The summed E-state index contributed by atoms with van der Waals surface area (Å²) in [6.45, 7) is 2.74. The first kappa shape index (κ1) is 18.5. The third-order valence-electron chi connectivity index (χ3n) is 6.50. The molecule has 0 radical (unpaired) electrons. The Bertz CT molecular complexity index is 703. The van der Waals surface area contributed by atoms with Crippen LogP contribution in [0.5, 0.6) is 0 Å². The van der Waals surface area contributed by atoms with Crippen LogP contribution in [-0.2, 0) is 16.1 Å². The van der Waals surface area contributed by atoms with Crippen molar-refractivity contribution >= 4 is 17.6 Å². The third-order valence-corrected chi connectivity index (χ3v) is 6.50. The van der Waals surface area contributed by atoms with E-state index in [1.54, 1.807) is 0 Å². The van der Waals surface area contributed by atoms with Crippen LogP contribution in [0.25, 0.3) is 0 Å². The fraction of sp³-hybridized carbons (Fsp3) is 0.636. The van der Waals surface area contributed by atoms with E-state index in [9.17, 15) is 9.59 Å². The predicted molar refractivity (Wildman–Crippen MR) is 104 cm³/mol. The summed E-state index contributed by atoms with van der Waals surface area (Å²) in [5.74, 6) is 0.527. The molecule has 1 N–H and O–H groups in total. The van der Waals surface area contributed by atoms with Gasteiger partial charge in [-0.25, -0.2) is 9.69 Å². The summed E-state index contributed by atoms with van der Waals surface area (Å²) >= 11 is 0. The minimum absolute atomic E-state index is 0.0928. The van der Waals surface area contributed by atoms with E-state index in [1.165, 1.54) is 24.2 Å². The molecule has 2 aliphatic carbocycles. The number of rotatable bonds is 4. The van der Waals surface area contributed by atoms with E-state index in [-0.39, 0.29) is 11.9 Å². The number of hydrogen-bond donors (Lipinski definition) is 1. The van der Waals surface area contributed by atoms with Gasteiger partial charge in [-0.2, -0.15) is 0 Å². The lowest BCUT2D eigenvalue weighted by Gasteiger charge is -2.33. The molecule has 3 aliphatic rings. The van der Waals surface area contributed by atoms with Crippen LogP contribution in [0.4, 0.5) is 10.5 Å². The van der Waals surface area contributed by atoms with E-state index in [4.69, 9.17) is 4.74 Å². The van der Waals surface area contributed by atoms with Gasteiger partial charge < -0.3 is 10.1 Å². The minimum atomic E-state index is -0.696. The van der Waals surface area contributed by atoms with Gasteiger partial charge in [-0.15, -0.1) is 0 Å². The average molecular weight is 370 g/mol. The summed E-state index contributed by atoms with van der Waals surface area (Å²) in [5.41, 5.74) is 0.965. The van der Waals surface area contributed by atoms with Crippen LogP contribution >= 0.6 is 0 Å². The molecule has 0 aromatic heterocycles. The van der Waals surface area contributed by atoms with E-state index in [0.29, 0.717) is 24.3 Å². The Morgan fingerprint density at radius 2 is 1.85 bits per heavy atom. The van der Waals surface area contributed by atoms with E-state index in [1.807, 2.05) is 24.3 Å². The van der Waals surface area contributed by atoms with Crippen LogP contribution in [0.15, 0.2) is 24.3 Å². The molecule has 5 nitrogen and oxygen atoms in total. The predicted octanol–water partition coefficient (Wildman–Crippen LogP) is 4.54. The fourth-order valence-corrected chi connectivity index (χ4v) is 4.68. The Morgan fingerprint density at radius 3 is 2.59 bits per heavy atom. The SMILES string of the molecule is CC1CCC2(CC1)NC(=O)N(c1cccc(COC3CCCCC3)c1)C2=O. The van der Waals surface area contributed by atoms with E-state index in [0.717, 1.165) is 44.1 Å². The number of amides is 3. The number of imide groups is 1. The maximum atomic E-state index is 13.1. The molecule has 1 aromatic rings. The molecule has 0 atom stereocenters. The summed E-state index contributed by atoms with van der Waals surface area (Å²) in [4.78, 5) is 27.1. The first-order valence-electron chi connectivity index (χ1n) is 10.4. The van der Waals surface area contributed by atoms with E-state index < -0.39 is 5.54 Å². The second-order valence-electron chi connectivity index (χ2n) is 8.58. The van der Waals surface area contributed by atoms with Gasteiger partial charge in [0, 0.05) is 0 Å². The molecule has 27 heavy (non-hydrogen) atoms. The molecule has 0 bridgehead atoms. The number of hydrogen-bond acceptors (Lipinski definition) is 3. The van der Waals surface area contributed by atoms with Gasteiger partial charge in [-0.1, -0.05) is 38.3 Å². The highest BCUT2D eigenvalue weighted by molar-refractivity contribution is 6.23. The normalized spacial score (nSPS) is 29.4. The van der Waals surface area contributed by atoms with Crippen molar-refractivity contribution in [3.63, 3.8) is 0 Å². The van der Waals surface area contributed by atoms with Gasteiger partial charge in [0.25, 0.3) is 5.91 Å². The average Bonchev–Trinajstić information content (AvgIpc) is 2.93. The standard InChI is InChI=1S/C22H30N2O3/c1-16-10-12-22(13-11-16)20(25)24(21(26)23-22)18-7-5-6-17(14-18)15-27-19-8-3-2-4-9-19/h5-7,14,16,19H,2-4,8-13,15H2,1H3,(H,23,26). The zero-order valence-electron chi connectivity index (χ0n) is 16.2. The van der Waals surface area contributed by atoms with Crippen molar-refractivity contribution in [1.29, 1.82) is 0 Å². The minimum Gasteiger partial charge on any atom is -0.374 e. The zero-order chi connectivity index (χ0) is 18.9. The molecule has 0 unspecified atom stereocenters. The number of benzene rings is 1. The van der Waals surface area contributed by atoms with Crippen molar-refractivity contribution in [2.24, 2.45) is 5.92 Å². The molecule has 1 heterocycles. The lowest BCUT2D eigenvalue weighted by molar-refractivity contribution is -0.123. The van der Waals surface area contributed by atoms with Gasteiger partial charge in [0.15, 0.2) is 0 Å². The largest absolute Gasteiger partial charge is 0.374 e. The Morgan fingerprint density at radius 1 is 1.11 bits per heavy atom. The van der Waals surface area contributed by atoms with Crippen LogP contribution in [-0.4, -0.2) is 23.6 Å². The summed E-state index contributed by atoms with van der Waals surface area (Å²) in [6.07, 6.45) is 9.83. The number of carbonyl (C=O) groups is 2. The van der Waals surface area contributed by atoms with Gasteiger partial charge in [0.05, 0.1) is 18.4 Å². The molecule has 1 aliphatic heterocycles. The van der Waals surface area contributed by atoms with Crippen LogP contribution in [0.2, 0.25) is 0 Å². The highest BCUT2D eigenvalue weighted by Gasteiger charge is 2.52. The number of carbonyl (C=O) groups excluding carboxylic acids is 2. The van der Waals surface area contributed by atoms with Crippen molar-refractivity contribution in [3.8, 4) is 0 Å². The van der Waals surface area contributed by atoms with Crippen molar-refractivity contribution < 1.29 is 14.3 Å². The quantitative estimate of drug-likeness (QED) is 0.792. The van der Waals surface area contributed by atoms with Gasteiger partial charge >= 0.3 is 6.03 Å². The lowest BCUT2D eigenvalue weighted by Crippen LogP contribution is -2.49. The molecule has 1 saturated heterocycles. The molecule has 3 amide bonds. The number of anilines is 1. The molecule has 1 spiro atoms. The molecule has 1 aromatic carbocycles. The number of nitrogens with one attached hydrogen (secondary N) is 1. The lowest BCUT2D eigenvalue weighted by atomic mass is 9.77. The summed E-state index contributed by atoms with van der Waals surface area (Å²) in [6, 6.07) is 7.38. The first-order valence-corrected chi connectivity index (χ1v) is 10.4. The van der Waals surface area contributed by atoms with Crippen molar-refractivity contribution in [3.05, 3.63) is 29.8 Å². The van der Waals surface area contributed by atoms with Crippen molar-refractivity contribution in [1.82, 2.24) is 5.32 Å². The maximum absolute atomic E-state index is 13.1. The van der Waals surface area contributed by atoms with Gasteiger partial charge in [-0.05, 0) is 62.1 Å².